The van der Waals surface area contributed by atoms with Gasteiger partial charge in [0, 0.05) is 34.8 Å². The van der Waals surface area contributed by atoms with Crippen molar-refractivity contribution in [1.29, 1.82) is 0 Å². The van der Waals surface area contributed by atoms with Gasteiger partial charge in [0.05, 0.1) is 5.69 Å². The molecule has 25 heavy (non-hydrogen) atoms. The van der Waals surface area contributed by atoms with Crippen molar-refractivity contribution in [3.63, 3.8) is 0 Å². The van der Waals surface area contributed by atoms with Gasteiger partial charge in [-0.1, -0.05) is 63.9 Å². The molecule has 2 heteroatoms. The molecule has 2 heterocycles. The van der Waals surface area contributed by atoms with E-state index >= 15 is 0 Å². The average Bonchev–Trinajstić information content (AvgIpc) is 3.03. The lowest BCUT2D eigenvalue weighted by molar-refractivity contribution is -0.735. The molecule has 4 rings (SSSR count). The van der Waals surface area contributed by atoms with E-state index in [1.54, 1.807) is 28.5 Å². The second-order valence-electron chi connectivity index (χ2n) is 6.96. The van der Waals surface area contributed by atoms with Crippen LogP contribution in [0.15, 0.2) is 54.6 Å². The first-order valence-corrected chi connectivity index (χ1v) is 8.30. The molecule has 1 aliphatic heterocycles. The Bertz CT molecular complexity index is 1240. The van der Waals surface area contributed by atoms with Gasteiger partial charge in [-0.2, -0.15) is 0 Å². The van der Waals surface area contributed by atoms with E-state index in [0.29, 0.717) is 16.9 Å². The van der Waals surface area contributed by atoms with Gasteiger partial charge in [0.15, 0.2) is 7.05 Å². The molecule has 1 aromatic heterocycles. The molecule has 0 bridgehead atoms. The molecule has 128 valence electrons. The standard InChI is InChI=1S/C23H27N2/c1-16-11-10-14-18-21(16)25-20(23(4,5)22(18,2)3)15-19(24(25)6)17-12-8-7-9-13-17/h7-15H,1-6H3/q+1/i2D3,4D3,5D3. The topological polar surface area (TPSA) is 8.81 Å². The molecular weight excluding hydrogens is 304 g/mol. The summed E-state index contributed by atoms with van der Waals surface area (Å²) in [6, 6.07) is 15.7. The Morgan fingerprint density at radius 1 is 0.960 bits per heavy atom. The molecule has 0 saturated heterocycles. The van der Waals surface area contributed by atoms with Crippen LogP contribution in [0, 0.1) is 6.92 Å². The number of fused-ring (bicyclic) bond motifs is 3. The van der Waals surface area contributed by atoms with E-state index in [2.05, 4.69) is 0 Å². The SMILES string of the molecule is [2H]C([2H])([2H])C1(C)c2cccc(C)c2-n2c(cc(-c3ccccc3)[n+]2C)C1(C([2H])([2H])[2H])C([2H])([2H])[2H]. The minimum absolute atomic E-state index is 0.0609. The lowest BCUT2D eigenvalue weighted by atomic mass is 9.60. The predicted octanol–water partition coefficient (Wildman–Crippen LogP) is 4.85. The van der Waals surface area contributed by atoms with Crippen molar-refractivity contribution in [1.82, 2.24) is 4.68 Å². The zero-order valence-electron chi connectivity index (χ0n) is 23.6. The zero-order valence-corrected chi connectivity index (χ0v) is 14.6. The zero-order chi connectivity index (χ0) is 25.5. The normalized spacial score (nSPS) is 27.7. The summed E-state index contributed by atoms with van der Waals surface area (Å²) in [5.41, 5.74) is -2.31. The maximum Gasteiger partial charge on any atom is 0.239 e. The quantitative estimate of drug-likeness (QED) is 0.560. The van der Waals surface area contributed by atoms with Gasteiger partial charge in [-0.05, 0) is 30.2 Å². The van der Waals surface area contributed by atoms with Crippen LogP contribution in [0.2, 0.25) is 0 Å². The van der Waals surface area contributed by atoms with Crippen LogP contribution in [0.4, 0.5) is 0 Å². The van der Waals surface area contributed by atoms with Gasteiger partial charge in [0.2, 0.25) is 5.69 Å². The van der Waals surface area contributed by atoms with Crippen LogP contribution >= 0.6 is 0 Å². The number of hydrogen-bond donors (Lipinski definition) is 0. The Morgan fingerprint density at radius 2 is 1.68 bits per heavy atom. The van der Waals surface area contributed by atoms with Crippen molar-refractivity contribution in [3.05, 3.63) is 71.4 Å². The number of aryl methyl sites for hydroxylation is 1. The van der Waals surface area contributed by atoms with Crippen molar-refractivity contribution in [2.75, 3.05) is 0 Å². The molecule has 1 unspecified atom stereocenters. The molecule has 0 aliphatic carbocycles. The largest absolute Gasteiger partial charge is 0.239 e. The minimum atomic E-state index is -3.18. The van der Waals surface area contributed by atoms with E-state index < -0.39 is 31.4 Å². The van der Waals surface area contributed by atoms with Crippen molar-refractivity contribution in [2.24, 2.45) is 7.05 Å². The van der Waals surface area contributed by atoms with E-state index in [0.717, 1.165) is 5.56 Å². The van der Waals surface area contributed by atoms with E-state index in [1.165, 1.54) is 13.0 Å². The highest BCUT2D eigenvalue weighted by Gasteiger charge is 2.50. The Balaban J connectivity index is 2.33. The highest BCUT2D eigenvalue weighted by molar-refractivity contribution is 5.61. The molecule has 0 radical (unpaired) electrons. The smallest absolute Gasteiger partial charge is 0.124 e. The van der Waals surface area contributed by atoms with Gasteiger partial charge in [-0.15, -0.1) is 9.36 Å². The molecule has 2 aromatic carbocycles. The van der Waals surface area contributed by atoms with Crippen LogP contribution in [-0.4, -0.2) is 4.68 Å². The van der Waals surface area contributed by atoms with E-state index in [9.17, 15) is 0 Å². The first-order valence-electron chi connectivity index (χ1n) is 12.8. The van der Waals surface area contributed by atoms with Crippen LogP contribution in [0.25, 0.3) is 16.9 Å². The van der Waals surface area contributed by atoms with Crippen LogP contribution in [0.1, 0.15) is 56.6 Å². The number of nitrogens with zero attached hydrogens (tertiary/aromatic N) is 2. The fourth-order valence-corrected chi connectivity index (χ4v) is 3.77. The number of para-hydroxylation sites is 1. The summed E-state index contributed by atoms with van der Waals surface area (Å²) < 4.78 is 80.3. The summed E-state index contributed by atoms with van der Waals surface area (Å²) in [6.45, 7) is -6.22. The van der Waals surface area contributed by atoms with Crippen LogP contribution < -0.4 is 4.68 Å². The van der Waals surface area contributed by atoms with Gasteiger partial charge in [-0.3, -0.25) is 0 Å². The van der Waals surface area contributed by atoms with Gasteiger partial charge in [0.25, 0.3) is 0 Å². The number of aromatic nitrogens is 2. The first kappa shape index (κ1) is 8.84. The first-order chi connectivity index (χ1) is 15.5. The van der Waals surface area contributed by atoms with Crippen molar-refractivity contribution in [3.8, 4) is 16.9 Å². The van der Waals surface area contributed by atoms with Gasteiger partial charge >= 0.3 is 0 Å². The minimum Gasteiger partial charge on any atom is -0.124 e. The van der Waals surface area contributed by atoms with Gasteiger partial charge in [0.1, 0.15) is 5.69 Å². The molecular formula is C23H27N2+. The molecule has 1 atom stereocenters. The molecule has 1 aliphatic rings. The van der Waals surface area contributed by atoms with Gasteiger partial charge in [-0.25, -0.2) is 0 Å². The molecule has 2 nitrogen and oxygen atoms in total. The average molecular weight is 341 g/mol. The summed E-state index contributed by atoms with van der Waals surface area (Å²) in [5, 5.41) is 0. The fraction of sp³-hybridized carbons (Fsp3) is 0.348. The summed E-state index contributed by atoms with van der Waals surface area (Å²) in [7, 11) is 1.73. The Kier molecular flexibility index (Phi) is 1.80. The molecule has 3 aromatic rings. The summed E-state index contributed by atoms with van der Waals surface area (Å²) >= 11 is 0. The summed E-state index contributed by atoms with van der Waals surface area (Å²) in [4.78, 5) is 0. The number of hydrogen-bond acceptors (Lipinski definition) is 0. The fourth-order valence-electron chi connectivity index (χ4n) is 3.77. The third kappa shape index (κ3) is 2.00. The molecule has 0 fully saturated rings. The van der Waals surface area contributed by atoms with Crippen molar-refractivity contribution in [2.45, 2.75) is 45.2 Å². The van der Waals surface area contributed by atoms with Crippen LogP contribution in [-0.2, 0) is 17.9 Å². The lowest BCUT2D eigenvalue weighted by Crippen LogP contribution is -2.51. The number of rotatable bonds is 1. The van der Waals surface area contributed by atoms with Crippen LogP contribution in [0.5, 0.6) is 0 Å². The third-order valence-corrected chi connectivity index (χ3v) is 5.34. The predicted molar refractivity (Wildman–Crippen MR) is 103 cm³/mol. The maximum atomic E-state index is 8.58. The molecule has 0 spiro atoms. The summed E-state index contributed by atoms with van der Waals surface area (Å²) in [6.07, 6.45) is 0. The Hall–Kier alpha value is -2.35. The van der Waals surface area contributed by atoms with Crippen LogP contribution in [0.3, 0.4) is 0 Å². The molecule has 0 N–H and O–H groups in total. The second-order valence-corrected chi connectivity index (χ2v) is 6.96. The molecule has 0 amide bonds. The van der Waals surface area contributed by atoms with Gasteiger partial charge < -0.3 is 0 Å². The van der Waals surface area contributed by atoms with Crippen molar-refractivity contribution >= 4 is 0 Å². The monoisotopic (exact) mass is 340 g/mol. The highest BCUT2D eigenvalue weighted by atomic mass is 15.4. The maximum absolute atomic E-state index is 8.58. The Morgan fingerprint density at radius 3 is 2.36 bits per heavy atom. The van der Waals surface area contributed by atoms with Crippen molar-refractivity contribution < 1.29 is 17.0 Å². The number of benzene rings is 2. The Labute approximate surface area is 163 Å². The third-order valence-electron chi connectivity index (χ3n) is 5.34. The molecule has 0 saturated carbocycles. The highest BCUT2D eigenvalue weighted by Crippen LogP contribution is 2.50. The lowest BCUT2D eigenvalue weighted by Gasteiger charge is -2.46. The summed E-state index contributed by atoms with van der Waals surface area (Å²) in [5.74, 6) is 0. The van der Waals surface area contributed by atoms with E-state index in [4.69, 9.17) is 12.3 Å². The van der Waals surface area contributed by atoms with E-state index in [-0.39, 0.29) is 11.3 Å². The second kappa shape index (κ2) is 5.08. The van der Waals surface area contributed by atoms with E-state index in [1.807, 2.05) is 43.3 Å².